The first-order valence-corrected chi connectivity index (χ1v) is 15.7. The van der Waals surface area contributed by atoms with Crippen LogP contribution in [0.2, 0.25) is 10.0 Å². The molecule has 3 aromatic rings. The minimum Gasteiger partial charge on any atom is -0.508 e. The molecule has 0 unspecified atom stereocenters. The Morgan fingerprint density at radius 3 is 2.35 bits per heavy atom. The zero-order chi connectivity index (χ0) is 33.3. The molecule has 0 radical (unpaired) electrons. The molecule has 0 saturated heterocycles. The number of phenols is 1. The number of ether oxygens (including phenoxy) is 2. The summed E-state index contributed by atoms with van der Waals surface area (Å²) in [4.78, 5) is 29.9. The average molecular weight is 679 g/mol. The van der Waals surface area contributed by atoms with Gasteiger partial charge < -0.3 is 40.3 Å². The topological polar surface area (TPSA) is 150 Å². The van der Waals surface area contributed by atoms with Crippen molar-refractivity contribution in [1.82, 2.24) is 5.32 Å². The summed E-state index contributed by atoms with van der Waals surface area (Å²) in [6.45, 7) is 3.71. The van der Waals surface area contributed by atoms with Crippen molar-refractivity contribution in [2.24, 2.45) is 0 Å². The van der Waals surface area contributed by atoms with E-state index in [4.69, 9.17) is 37.5 Å². The average Bonchev–Trinajstić information content (AvgIpc) is 3.02. The van der Waals surface area contributed by atoms with Gasteiger partial charge in [-0.05, 0) is 61.3 Å². The van der Waals surface area contributed by atoms with E-state index >= 15 is 0 Å². The number of aromatic hydroxyl groups is 1. The molecule has 0 aliphatic carbocycles. The summed E-state index contributed by atoms with van der Waals surface area (Å²) < 4.78 is 11.4. The predicted molar refractivity (Wildman–Crippen MR) is 177 cm³/mol. The molecule has 0 spiro atoms. The number of hydroxylamine groups is 1. The number of halogens is 2. The van der Waals surface area contributed by atoms with Crippen LogP contribution in [0.3, 0.4) is 0 Å². The fourth-order valence-electron chi connectivity index (χ4n) is 4.44. The van der Waals surface area contributed by atoms with Crippen molar-refractivity contribution in [3.8, 4) is 5.75 Å². The summed E-state index contributed by atoms with van der Waals surface area (Å²) in [5.41, 5.74) is 2.44. The van der Waals surface area contributed by atoms with E-state index in [2.05, 4.69) is 10.6 Å². The Balaban J connectivity index is 1.29. The van der Waals surface area contributed by atoms with Gasteiger partial charge >= 0.3 is 12.0 Å². The fourth-order valence-corrected chi connectivity index (χ4v) is 4.95. The van der Waals surface area contributed by atoms with Crippen molar-refractivity contribution in [3.05, 3.63) is 87.4 Å². The van der Waals surface area contributed by atoms with Gasteiger partial charge in [-0.2, -0.15) is 0 Å². The van der Waals surface area contributed by atoms with Gasteiger partial charge in [-0.15, -0.1) is 5.06 Å². The molecule has 3 rings (SSSR count). The van der Waals surface area contributed by atoms with Crippen molar-refractivity contribution >= 4 is 46.6 Å². The first kappa shape index (κ1) is 37.0. The van der Waals surface area contributed by atoms with Crippen molar-refractivity contribution in [3.63, 3.8) is 0 Å². The maximum atomic E-state index is 13.1. The molecule has 0 aromatic heterocycles. The summed E-state index contributed by atoms with van der Waals surface area (Å²) in [6.07, 6.45) is 3.21. The molecule has 1 atom stereocenters. The zero-order valence-electron chi connectivity index (χ0n) is 25.7. The summed E-state index contributed by atoms with van der Waals surface area (Å²) in [5, 5.41) is 36.5. The number of carbonyl (C=O) groups is 2. The van der Waals surface area contributed by atoms with Crippen LogP contribution in [-0.2, 0) is 32.3 Å². The lowest BCUT2D eigenvalue weighted by molar-refractivity contribution is -0.141. The first-order valence-electron chi connectivity index (χ1n) is 15.0. The molecule has 13 heteroatoms. The molecule has 0 heterocycles. The van der Waals surface area contributed by atoms with Gasteiger partial charge in [0.25, 0.3) is 0 Å². The van der Waals surface area contributed by atoms with Crippen LogP contribution in [-0.4, -0.2) is 60.2 Å². The van der Waals surface area contributed by atoms with Gasteiger partial charge in [-0.3, -0.25) is 0 Å². The third-order valence-electron chi connectivity index (χ3n) is 6.76. The number of benzene rings is 3. The van der Waals surface area contributed by atoms with E-state index in [0.717, 1.165) is 42.9 Å². The molecule has 5 N–H and O–H groups in total. The fraction of sp³-hybridized carbons (Fsp3) is 0.394. The van der Waals surface area contributed by atoms with E-state index in [1.807, 2.05) is 12.1 Å². The van der Waals surface area contributed by atoms with Crippen LogP contribution in [0.4, 0.5) is 16.2 Å². The summed E-state index contributed by atoms with van der Waals surface area (Å²) in [6, 6.07) is 15.5. The monoisotopic (exact) mass is 677 g/mol. The Morgan fingerprint density at radius 2 is 1.61 bits per heavy atom. The number of hydrogen-bond donors (Lipinski definition) is 5. The number of unbranched alkanes of at least 4 members (excludes halogenated alkanes) is 3. The Morgan fingerprint density at radius 1 is 0.891 bits per heavy atom. The van der Waals surface area contributed by atoms with E-state index in [-0.39, 0.29) is 34.7 Å². The van der Waals surface area contributed by atoms with Crippen LogP contribution >= 0.6 is 23.2 Å². The Bertz CT molecular complexity index is 1390. The highest BCUT2D eigenvalue weighted by molar-refractivity contribution is 6.35. The van der Waals surface area contributed by atoms with E-state index < -0.39 is 18.1 Å². The van der Waals surface area contributed by atoms with Gasteiger partial charge in [0.15, 0.2) is 0 Å². The Labute approximate surface area is 278 Å². The summed E-state index contributed by atoms with van der Waals surface area (Å²) in [7, 11) is 0. The molecule has 0 saturated carbocycles. The molecule has 0 aliphatic heterocycles. The van der Waals surface area contributed by atoms with E-state index in [9.17, 15) is 24.9 Å². The van der Waals surface area contributed by atoms with E-state index in [0.29, 0.717) is 43.2 Å². The molecule has 2 amide bonds. The number of nitrogens with one attached hydrogen (secondary N) is 2. The molecular weight excluding hydrogens is 637 g/mol. The third-order valence-corrected chi connectivity index (χ3v) is 7.20. The predicted octanol–water partition coefficient (Wildman–Crippen LogP) is 6.12. The smallest absolute Gasteiger partial charge is 0.359 e. The van der Waals surface area contributed by atoms with Crippen LogP contribution in [0, 0.1) is 0 Å². The highest BCUT2D eigenvalue weighted by Gasteiger charge is 2.22. The number of para-hydroxylation sites is 1. The molecule has 0 aliphatic rings. The van der Waals surface area contributed by atoms with Crippen LogP contribution in [0.25, 0.3) is 0 Å². The number of nitrogens with zero attached hydrogens (tertiary/aromatic N) is 1. The lowest BCUT2D eigenvalue weighted by Gasteiger charge is -2.22. The van der Waals surface area contributed by atoms with Gasteiger partial charge in [-0.25, -0.2) is 9.59 Å². The van der Waals surface area contributed by atoms with Gasteiger partial charge in [0.1, 0.15) is 5.75 Å². The highest BCUT2D eigenvalue weighted by atomic mass is 35.5. The van der Waals surface area contributed by atoms with E-state index in [1.54, 1.807) is 24.3 Å². The highest BCUT2D eigenvalue weighted by Crippen LogP contribution is 2.27. The lowest BCUT2D eigenvalue weighted by Crippen LogP contribution is -2.36. The van der Waals surface area contributed by atoms with Gasteiger partial charge in [0.05, 0.1) is 38.2 Å². The van der Waals surface area contributed by atoms with Crippen molar-refractivity contribution in [2.75, 3.05) is 43.3 Å². The maximum absolute atomic E-state index is 13.1. The van der Waals surface area contributed by atoms with Crippen LogP contribution in [0.5, 0.6) is 5.75 Å². The summed E-state index contributed by atoms with van der Waals surface area (Å²) in [5.74, 6) is -0.682. The summed E-state index contributed by atoms with van der Waals surface area (Å²) >= 11 is 12.1. The molecule has 0 fully saturated rings. The maximum Gasteiger partial charge on any atom is 0.359 e. The number of carbonyl (C=O) groups excluding carboxylic acids is 2. The second-order valence-electron chi connectivity index (χ2n) is 10.4. The largest absolute Gasteiger partial charge is 0.508 e. The second-order valence-corrected chi connectivity index (χ2v) is 11.3. The number of hydrogen-bond acceptors (Lipinski definition) is 9. The minimum atomic E-state index is -0.718. The Kier molecular flexibility index (Phi) is 16.1. The first-order chi connectivity index (χ1) is 22.2. The second kappa shape index (κ2) is 20.0. The number of rotatable bonds is 18. The molecule has 46 heavy (non-hydrogen) atoms. The SMILES string of the molecule is CC(=O)ON(C(=O)Nc1ccccc1COCCOCCCCCCNC[C@H](O)c1ccc(O)c(CO)c1)c1cc(Cl)cc(Cl)c1. The standard InChI is InChI=1S/C33H41Cl2N3O8/c1-23(40)46-38(29-18-27(34)17-28(35)19-29)33(43)37-30-9-5-4-8-25(30)22-45-15-14-44-13-7-3-2-6-12-36-20-32(42)24-10-11-31(41)26(16-24)21-39/h4-5,8-11,16-19,32,36,39,41-42H,2-3,6-7,12-15,20-22H2,1H3,(H,37,43)/t32-/m0/s1. The van der Waals surface area contributed by atoms with Crippen LogP contribution in [0.15, 0.2) is 60.7 Å². The van der Waals surface area contributed by atoms with Gasteiger partial charge in [0.2, 0.25) is 0 Å². The van der Waals surface area contributed by atoms with Crippen molar-refractivity contribution in [2.45, 2.75) is 51.9 Å². The quantitative estimate of drug-likeness (QED) is 0.0792. The van der Waals surface area contributed by atoms with Crippen molar-refractivity contribution in [1.29, 1.82) is 0 Å². The number of aliphatic hydroxyl groups is 2. The molecule has 250 valence electrons. The van der Waals surface area contributed by atoms with Gasteiger partial charge in [0, 0.05) is 46.9 Å². The molecular formula is C33H41Cl2N3O8. The molecule has 0 bridgehead atoms. The third kappa shape index (κ3) is 12.8. The van der Waals surface area contributed by atoms with Gasteiger partial charge in [-0.1, -0.05) is 60.3 Å². The minimum absolute atomic E-state index is 0.0148. The zero-order valence-corrected chi connectivity index (χ0v) is 27.2. The van der Waals surface area contributed by atoms with Crippen molar-refractivity contribution < 1.29 is 39.2 Å². The lowest BCUT2D eigenvalue weighted by atomic mass is 10.1. The normalized spacial score (nSPS) is 11.7. The number of amides is 2. The molecule has 11 nitrogen and oxygen atoms in total. The van der Waals surface area contributed by atoms with E-state index in [1.165, 1.54) is 31.2 Å². The number of urea groups is 1. The number of anilines is 2. The Hall–Kier alpha value is -3.42. The molecule has 3 aromatic carbocycles. The van der Waals surface area contributed by atoms with Crippen LogP contribution < -0.4 is 15.7 Å². The number of aliphatic hydroxyl groups excluding tert-OH is 2. The van der Waals surface area contributed by atoms with Crippen LogP contribution in [0.1, 0.15) is 55.4 Å².